The predicted molar refractivity (Wildman–Crippen MR) is 103 cm³/mol. The summed E-state index contributed by atoms with van der Waals surface area (Å²) < 4.78 is 0.789. The van der Waals surface area contributed by atoms with Gasteiger partial charge >= 0.3 is 4.87 Å². The van der Waals surface area contributed by atoms with Crippen molar-refractivity contribution in [1.82, 2.24) is 4.98 Å². The minimum absolute atomic E-state index is 0.0479. The number of hydrogen-bond donors (Lipinski definition) is 2. The molecule has 1 aromatic heterocycles. The lowest BCUT2D eigenvalue weighted by Gasteiger charge is -2.17. The standard InChI is InChI=1S/C19H17N3O3S/c1-11-2-5-14(6-3-11)22-10-12(8-17(22)23)18(24)20-13-4-7-15-16(9-13)26-19(25)21-15/h2-7,9,12H,8,10H2,1H3,(H,20,24)(H,21,25)/t12-/m1/s1. The number of hydrogen-bond acceptors (Lipinski definition) is 4. The van der Waals surface area contributed by atoms with Crippen LogP contribution in [0.1, 0.15) is 12.0 Å². The molecule has 0 unspecified atom stereocenters. The third-order valence-electron chi connectivity index (χ3n) is 4.53. The minimum atomic E-state index is -0.399. The van der Waals surface area contributed by atoms with Gasteiger partial charge in [-0.05, 0) is 37.3 Å². The van der Waals surface area contributed by atoms with E-state index < -0.39 is 5.92 Å². The lowest BCUT2D eigenvalue weighted by Crippen LogP contribution is -2.28. The molecule has 2 heterocycles. The molecule has 0 saturated carbocycles. The Hall–Kier alpha value is -2.93. The fourth-order valence-electron chi connectivity index (χ4n) is 3.12. The van der Waals surface area contributed by atoms with Gasteiger partial charge in [0.2, 0.25) is 11.8 Å². The molecule has 2 amide bonds. The summed E-state index contributed by atoms with van der Waals surface area (Å²) in [5.74, 6) is -0.632. The van der Waals surface area contributed by atoms with E-state index in [1.165, 1.54) is 0 Å². The predicted octanol–water partition coefficient (Wildman–Crippen LogP) is 2.89. The molecule has 132 valence electrons. The largest absolute Gasteiger partial charge is 0.326 e. The number of nitrogens with zero attached hydrogens (tertiary/aromatic N) is 1. The highest BCUT2D eigenvalue weighted by atomic mass is 32.1. The molecule has 0 spiro atoms. The summed E-state index contributed by atoms with van der Waals surface area (Å²) in [4.78, 5) is 40.5. The van der Waals surface area contributed by atoms with E-state index >= 15 is 0 Å². The molecule has 1 saturated heterocycles. The highest BCUT2D eigenvalue weighted by Gasteiger charge is 2.35. The van der Waals surface area contributed by atoms with Gasteiger partial charge in [-0.15, -0.1) is 0 Å². The maximum absolute atomic E-state index is 12.6. The second-order valence-corrected chi connectivity index (χ2v) is 7.47. The molecule has 1 fully saturated rings. The Labute approximate surface area is 153 Å². The van der Waals surface area contributed by atoms with Gasteiger partial charge in [-0.2, -0.15) is 0 Å². The average Bonchev–Trinajstić information content (AvgIpc) is 3.17. The van der Waals surface area contributed by atoms with Crippen LogP contribution >= 0.6 is 11.3 Å². The number of aromatic nitrogens is 1. The van der Waals surface area contributed by atoms with Gasteiger partial charge < -0.3 is 15.2 Å². The lowest BCUT2D eigenvalue weighted by atomic mass is 10.1. The second-order valence-electron chi connectivity index (χ2n) is 6.46. The smallest absolute Gasteiger partial charge is 0.305 e. The molecule has 1 atom stereocenters. The summed E-state index contributed by atoms with van der Waals surface area (Å²) >= 11 is 1.10. The Kier molecular flexibility index (Phi) is 4.08. The number of carbonyl (C=O) groups is 2. The van der Waals surface area contributed by atoms with Gasteiger partial charge in [0.05, 0.1) is 16.1 Å². The van der Waals surface area contributed by atoms with Gasteiger partial charge in [-0.25, -0.2) is 0 Å². The molecule has 2 aromatic carbocycles. The van der Waals surface area contributed by atoms with E-state index in [2.05, 4.69) is 10.3 Å². The summed E-state index contributed by atoms with van der Waals surface area (Å²) in [6.45, 7) is 2.36. The maximum atomic E-state index is 12.6. The molecule has 2 N–H and O–H groups in total. The topological polar surface area (TPSA) is 82.3 Å². The summed E-state index contributed by atoms with van der Waals surface area (Å²) in [5, 5.41) is 2.86. The first-order chi connectivity index (χ1) is 12.5. The first kappa shape index (κ1) is 16.5. The molecule has 0 radical (unpaired) electrons. The molecule has 0 bridgehead atoms. The second kappa shape index (κ2) is 6.42. The number of anilines is 2. The number of nitrogens with one attached hydrogen (secondary N) is 2. The third kappa shape index (κ3) is 3.13. The third-order valence-corrected chi connectivity index (χ3v) is 5.38. The van der Waals surface area contributed by atoms with Crippen LogP contribution in [0.3, 0.4) is 0 Å². The van der Waals surface area contributed by atoms with Gasteiger partial charge in [0, 0.05) is 24.3 Å². The molecule has 1 aliphatic heterocycles. The monoisotopic (exact) mass is 367 g/mol. The zero-order valence-electron chi connectivity index (χ0n) is 14.1. The van der Waals surface area contributed by atoms with E-state index in [9.17, 15) is 14.4 Å². The van der Waals surface area contributed by atoms with Crippen molar-refractivity contribution in [3.63, 3.8) is 0 Å². The fraction of sp³-hybridized carbons (Fsp3) is 0.211. The van der Waals surface area contributed by atoms with Crippen LogP contribution in [-0.2, 0) is 9.59 Å². The van der Waals surface area contributed by atoms with Crippen LogP contribution in [0.4, 0.5) is 11.4 Å². The molecular formula is C19H17N3O3S. The molecule has 7 heteroatoms. The Morgan fingerprint density at radius 3 is 2.73 bits per heavy atom. The van der Waals surface area contributed by atoms with Crippen molar-refractivity contribution in [1.29, 1.82) is 0 Å². The zero-order valence-corrected chi connectivity index (χ0v) is 14.9. The highest BCUT2D eigenvalue weighted by molar-refractivity contribution is 7.16. The van der Waals surface area contributed by atoms with Crippen LogP contribution in [0.2, 0.25) is 0 Å². The quantitative estimate of drug-likeness (QED) is 0.747. The van der Waals surface area contributed by atoms with Gasteiger partial charge in [-0.3, -0.25) is 14.4 Å². The van der Waals surface area contributed by atoms with E-state index in [-0.39, 0.29) is 23.1 Å². The average molecular weight is 367 g/mol. The highest BCUT2D eigenvalue weighted by Crippen LogP contribution is 2.27. The molecule has 0 aliphatic carbocycles. The number of amides is 2. The van der Waals surface area contributed by atoms with Crippen molar-refractivity contribution in [2.45, 2.75) is 13.3 Å². The molecule has 26 heavy (non-hydrogen) atoms. The number of aryl methyl sites for hydroxylation is 1. The van der Waals surface area contributed by atoms with Gasteiger partial charge in [0.1, 0.15) is 0 Å². The van der Waals surface area contributed by atoms with E-state index in [0.717, 1.165) is 32.8 Å². The van der Waals surface area contributed by atoms with Gasteiger partial charge in [-0.1, -0.05) is 29.0 Å². The summed E-state index contributed by atoms with van der Waals surface area (Å²) in [6, 6.07) is 13.0. The molecular weight excluding hydrogens is 350 g/mol. The normalized spacial score (nSPS) is 17.0. The molecule has 3 aromatic rings. The van der Waals surface area contributed by atoms with Crippen LogP contribution in [0.5, 0.6) is 0 Å². The van der Waals surface area contributed by atoms with Crippen LogP contribution in [-0.4, -0.2) is 23.3 Å². The molecule has 6 nitrogen and oxygen atoms in total. The number of benzene rings is 2. The van der Waals surface area contributed by atoms with Crippen molar-refractivity contribution >= 4 is 44.7 Å². The van der Waals surface area contributed by atoms with E-state index in [1.54, 1.807) is 23.1 Å². The maximum Gasteiger partial charge on any atom is 0.305 e. The van der Waals surface area contributed by atoms with E-state index in [4.69, 9.17) is 0 Å². The Morgan fingerprint density at radius 2 is 1.96 bits per heavy atom. The molecule has 1 aliphatic rings. The Morgan fingerprint density at radius 1 is 1.19 bits per heavy atom. The van der Waals surface area contributed by atoms with Crippen molar-refractivity contribution in [3.05, 3.63) is 57.7 Å². The van der Waals surface area contributed by atoms with Gasteiger partial charge in [0.15, 0.2) is 0 Å². The molecule has 4 rings (SSSR count). The summed E-state index contributed by atoms with van der Waals surface area (Å²) in [7, 11) is 0. The minimum Gasteiger partial charge on any atom is -0.326 e. The summed E-state index contributed by atoms with van der Waals surface area (Å²) in [6.07, 6.45) is 0.194. The number of aromatic amines is 1. The van der Waals surface area contributed by atoms with Crippen LogP contribution in [0.25, 0.3) is 10.2 Å². The number of rotatable bonds is 3. The van der Waals surface area contributed by atoms with E-state index in [1.807, 2.05) is 31.2 Å². The van der Waals surface area contributed by atoms with Crippen LogP contribution in [0.15, 0.2) is 47.3 Å². The lowest BCUT2D eigenvalue weighted by molar-refractivity contribution is -0.122. The van der Waals surface area contributed by atoms with Crippen LogP contribution < -0.4 is 15.1 Å². The Bertz CT molecular complexity index is 1050. The van der Waals surface area contributed by atoms with E-state index in [0.29, 0.717) is 12.2 Å². The Balaban J connectivity index is 1.48. The number of fused-ring (bicyclic) bond motifs is 1. The number of carbonyl (C=O) groups excluding carboxylic acids is 2. The van der Waals surface area contributed by atoms with Gasteiger partial charge in [0.25, 0.3) is 0 Å². The summed E-state index contributed by atoms with van der Waals surface area (Å²) in [5.41, 5.74) is 3.31. The van der Waals surface area contributed by atoms with Crippen molar-refractivity contribution in [3.8, 4) is 0 Å². The number of thiazole rings is 1. The SMILES string of the molecule is Cc1ccc(N2C[C@H](C(=O)Nc3ccc4[nH]c(=O)sc4c3)CC2=O)cc1. The fourth-order valence-corrected chi connectivity index (χ4v) is 3.90. The van der Waals surface area contributed by atoms with Crippen LogP contribution in [0, 0.1) is 12.8 Å². The van der Waals surface area contributed by atoms with Crippen molar-refractivity contribution in [2.75, 3.05) is 16.8 Å². The first-order valence-electron chi connectivity index (χ1n) is 8.30. The zero-order chi connectivity index (χ0) is 18.3. The number of H-pyrrole nitrogens is 1. The first-order valence-corrected chi connectivity index (χ1v) is 9.12. The van der Waals surface area contributed by atoms with Crippen molar-refractivity contribution < 1.29 is 9.59 Å². The van der Waals surface area contributed by atoms with Crippen molar-refractivity contribution in [2.24, 2.45) is 5.92 Å².